The van der Waals surface area contributed by atoms with Crippen LogP contribution in [0.25, 0.3) is 0 Å². The number of fused-ring (bicyclic) bond motifs is 1. The minimum absolute atomic E-state index is 0.00477. The number of piperidine rings is 1. The number of ether oxygens (including phenoxy) is 1. The molecule has 1 aromatic carbocycles. The maximum absolute atomic E-state index is 6.31. The summed E-state index contributed by atoms with van der Waals surface area (Å²) in [5.74, 6) is 0.605. The van der Waals surface area contributed by atoms with Crippen LogP contribution in [0, 0.1) is 5.92 Å². The van der Waals surface area contributed by atoms with Crippen LogP contribution in [-0.2, 0) is 4.74 Å². The Kier molecular flexibility index (Phi) is 3.13. The Morgan fingerprint density at radius 2 is 1.70 bits per heavy atom. The number of rotatable bonds is 3. The largest absolute Gasteiger partial charge is 0.362 e. The van der Waals surface area contributed by atoms with E-state index in [0.717, 1.165) is 0 Å². The van der Waals surface area contributed by atoms with Crippen LogP contribution >= 0.6 is 0 Å². The fourth-order valence-corrected chi connectivity index (χ4v) is 4.63. The van der Waals surface area contributed by atoms with Gasteiger partial charge in [-0.2, -0.15) is 0 Å². The summed E-state index contributed by atoms with van der Waals surface area (Å²) in [6, 6.07) is 11.8. The molecule has 0 radical (unpaired) electrons. The summed E-state index contributed by atoms with van der Waals surface area (Å²) in [4.78, 5) is 2.61. The molecule has 2 heterocycles. The number of epoxide rings is 1. The van der Waals surface area contributed by atoms with Crippen molar-refractivity contribution in [3.63, 3.8) is 0 Å². The summed E-state index contributed by atoms with van der Waals surface area (Å²) in [7, 11) is 0. The highest BCUT2D eigenvalue weighted by molar-refractivity contribution is 5.52. The molecule has 0 amide bonds. The van der Waals surface area contributed by atoms with Crippen LogP contribution in [0.3, 0.4) is 0 Å². The van der Waals surface area contributed by atoms with Gasteiger partial charge in [0.2, 0.25) is 0 Å². The van der Waals surface area contributed by atoms with Gasteiger partial charge in [0, 0.05) is 17.6 Å². The van der Waals surface area contributed by atoms with E-state index in [2.05, 4.69) is 69.9 Å². The number of nitrogens with zero attached hydrogens (tertiary/aromatic N) is 1. The zero-order valence-corrected chi connectivity index (χ0v) is 13.4. The van der Waals surface area contributed by atoms with Gasteiger partial charge in [-0.1, -0.05) is 32.0 Å². The van der Waals surface area contributed by atoms with Crippen molar-refractivity contribution in [1.82, 2.24) is 0 Å². The Labute approximate surface area is 123 Å². The first-order chi connectivity index (χ1) is 9.49. The molecule has 0 aliphatic carbocycles. The Morgan fingerprint density at radius 1 is 1.05 bits per heavy atom. The molecule has 0 aromatic heterocycles. The van der Waals surface area contributed by atoms with E-state index < -0.39 is 0 Å². The van der Waals surface area contributed by atoms with Crippen molar-refractivity contribution >= 4 is 5.69 Å². The molecule has 0 N–H and O–H groups in total. The van der Waals surface area contributed by atoms with Gasteiger partial charge in [-0.3, -0.25) is 0 Å². The Bertz CT molecular complexity index is 487. The normalized spacial score (nSPS) is 43.2. The molecular formula is C18H27NO. The van der Waals surface area contributed by atoms with E-state index in [9.17, 15) is 0 Å². The topological polar surface area (TPSA) is 15.8 Å². The summed E-state index contributed by atoms with van der Waals surface area (Å²) < 4.78 is 6.31. The third kappa shape index (κ3) is 1.60. The second-order valence-corrected chi connectivity index (χ2v) is 6.73. The van der Waals surface area contributed by atoms with E-state index in [1.54, 1.807) is 0 Å². The zero-order valence-electron chi connectivity index (χ0n) is 13.4. The van der Waals surface area contributed by atoms with Crippen LogP contribution in [0.5, 0.6) is 0 Å². The van der Waals surface area contributed by atoms with Gasteiger partial charge in [-0.15, -0.1) is 0 Å². The predicted molar refractivity (Wildman–Crippen MR) is 84.1 cm³/mol. The minimum atomic E-state index is -0.00477. The van der Waals surface area contributed by atoms with Crippen molar-refractivity contribution in [3.05, 3.63) is 30.3 Å². The minimum Gasteiger partial charge on any atom is -0.362 e. The highest BCUT2D eigenvalue weighted by atomic mass is 16.6. The van der Waals surface area contributed by atoms with Crippen molar-refractivity contribution in [3.8, 4) is 0 Å². The Morgan fingerprint density at radius 3 is 2.25 bits per heavy atom. The molecule has 2 nitrogen and oxygen atoms in total. The second kappa shape index (κ2) is 4.49. The number of anilines is 1. The van der Waals surface area contributed by atoms with Gasteiger partial charge < -0.3 is 9.64 Å². The third-order valence-corrected chi connectivity index (χ3v) is 6.02. The van der Waals surface area contributed by atoms with E-state index in [4.69, 9.17) is 4.74 Å². The lowest BCUT2D eigenvalue weighted by Gasteiger charge is -2.49. The van der Waals surface area contributed by atoms with E-state index in [-0.39, 0.29) is 11.2 Å². The fraction of sp³-hybridized carbons (Fsp3) is 0.667. The van der Waals surface area contributed by atoms with Gasteiger partial charge in [0.1, 0.15) is 11.2 Å². The van der Waals surface area contributed by atoms with Crippen LogP contribution in [0.15, 0.2) is 30.3 Å². The number of benzene rings is 1. The van der Waals surface area contributed by atoms with E-state index in [1.807, 2.05) is 0 Å². The Balaban J connectivity index is 2.04. The molecule has 1 aromatic rings. The van der Waals surface area contributed by atoms with Crippen molar-refractivity contribution in [2.24, 2.45) is 5.92 Å². The maximum Gasteiger partial charge on any atom is 0.115 e. The average molecular weight is 273 g/mol. The number of hydrogen-bond acceptors (Lipinski definition) is 2. The van der Waals surface area contributed by atoms with Gasteiger partial charge in [-0.25, -0.2) is 0 Å². The molecule has 2 aliphatic heterocycles. The number of hydrogen-bond donors (Lipinski definition) is 0. The van der Waals surface area contributed by atoms with Gasteiger partial charge >= 0.3 is 0 Å². The van der Waals surface area contributed by atoms with Crippen molar-refractivity contribution in [2.45, 2.75) is 70.7 Å². The lowest BCUT2D eigenvalue weighted by molar-refractivity contribution is 0.195. The quantitative estimate of drug-likeness (QED) is 0.765. The van der Waals surface area contributed by atoms with Crippen LogP contribution in [0.1, 0.15) is 47.5 Å². The van der Waals surface area contributed by atoms with E-state index >= 15 is 0 Å². The Hall–Kier alpha value is -1.02. The van der Waals surface area contributed by atoms with Crippen LogP contribution in [0.4, 0.5) is 5.69 Å². The van der Waals surface area contributed by atoms with Gasteiger partial charge in [0.15, 0.2) is 0 Å². The first-order valence-corrected chi connectivity index (χ1v) is 8.03. The molecular weight excluding hydrogens is 246 g/mol. The summed E-state index contributed by atoms with van der Waals surface area (Å²) in [5.41, 5.74) is 1.39. The first kappa shape index (κ1) is 13.9. The smallest absolute Gasteiger partial charge is 0.115 e. The van der Waals surface area contributed by atoms with Crippen LogP contribution < -0.4 is 4.90 Å². The maximum atomic E-state index is 6.31. The van der Waals surface area contributed by atoms with E-state index in [0.29, 0.717) is 18.0 Å². The summed E-state index contributed by atoms with van der Waals surface area (Å²) in [6.07, 6.45) is 2.35. The highest BCUT2D eigenvalue weighted by Crippen LogP contribution is 2.62. The first-order valence-electron chi connectivity index (χ1n) is 8.03. The average Bonchev–Trinajstić information content (AvgIpc) is 3.04. The molecule has 0 bridgehead atoms. The van der Waals surface area contributed by atoms with Crippen LogP contribution in [0.2, 0.25) is 0 Å². The lowest BCUT2D eigenvalue weighted by atomic mass is 9.69. The van der Waals surface area contributed by atoms with Gasteiger partial charge in [0.05, 0.1) is 6.04 Å². The SMILES string of the molecule is CC[C@@H]1[C@@H](CC)[C@@]2(C)O[C@@]2(C)[C@@H](C)N1c1ccccc1. The van der Waals surface area contributed by atoms with Crippen molar-refractivity contribution in [1.29, 1.82) is 0 Å². The molecule has 0 saturated carbocycles. The predicted octanol–water partition coefficient (Wildman–Crippen LogP) is 4.25. The van der Waals surface area contributed by atoms with Gasteiger partial charge in [0.25, 0.3) is 0 Å². The van der Waals surface area contributed by atoms with Crippen molar-refractivity contribution in [2.75, 3.05) is 4.90 Å². The molecule has 5 atom stereocenters. The molecule has 2 heteroatoms. The van der Waals surface area contributed by atoms with Crippen molar-refractivity contribution < 1.29 is 4.74 Å². The summed E-state index contributed by atoms with van der Waals surface area (Å²) in [6.45, 7) is 11.6. The fourth-order valence-electron chi connectivity index (χ4n) is 4.63. The lowest BCUT2D eigenvalue weighted by Crippen LogP contribution is -2.61. The second-order valence-electron chi connectivity index (χ2n) is 6.73. The van der Waals surface area contributed by atoms with Gasteiger partial charge in [-0.05, 0) is 45.7 Å². The molecule has 110 valence electrons. The molecule has 0 spiro atoms. The monoisotopic (exact) mass is 273 g/mol. The molecule has 20 heavy (non-hydrogen) atoms. The molecule has 2 aliphatic rings. The molecule has 0 unspecified atom stereocenters. The highest BCUT2D eigenvalue weighted by Gasteiger charge is 2.74. The molecule has 2 fully saturated rings. The molecule has 3 rings (SSSR count). The summed E-state index contributed by atoms with van der Waals surface area (Å²) >= 11 is 0. The number of para-hydroxylation sites is 1. The standard InChI is InChI=1S/C18H27NO/c1-6-15-16(7-2)19(14-11-9-8-10-12-14)13(3)17(4)18(15,5)20-17/h8-13,15-16H,6-7H2,1-5H3/t13-,15-,16-,17+,18-/m1/s1. The summed E-state index contributed by atoms with van der Waals surface area (Å²) in [5, 5.41) is 0. The third-order valence-electron chi connectivity index (χ3n) is 6.02. The van der Waals surface area contributed by atoms with Crippen LogP contribution in [-0.4, -0.2) is 23.3 Å². The zero-order chi connectivity index (χ0) is 14.5. The molecule has 2 saturated heterocycles. The van der Waals surface area contributed by atoms with E-state index in [1.165, 1.54) is 18.5 Å².